The minimum Gasteiger partial charge on any atom is -0.397 e. The fraction of sp³-hybridized carbons (Fsp3) is 0.318. The molecular formula is C22H27BrN6. The van der Waals surface area contributed by atoms with Crippen molar-refractivity contribution in [3.8, 4) is 0 Å². The van der Waals surface area contributed by atoms with Crippen LogP contribution in [0.3, 0.4) is 0 Å². The average Bonchev–Trinajstić information content (AvgIpc) is 2.73. The number of nitrogens with zero attached hydrogens (tertiary/aromatic N) is 3. The Labute approximate surface area is 180 Å². The largest absolute Gasteiger partial charge is 0.397 e. The Hall–Kier alpha value is -2.67. The van der Waals surface area contributed by atoms with Gasteiger partial charge in [0.25, 0.3) is 0 Å². The van der Waals surface area contributed by atoms with Crippen LogP contribution in [0.2, 0.25) is 0 Å². The highest BCUT2D eigenvalue weighted by molar-refractivity contribution is 9.10. The fourth-order valence-corrected chi connectivity index (χ4v) is 3.86. The lowest BCUT2D eigenvalue weighted by Crippen LogP contribution is -2.34. The summed E-state index contributed by atoms with van der Waals surface area (Å²) >= 11 is 3.62. The van der Waals surface area contributed by atoms with Gasteiger partial charge in [-0.05, 0) is 52.9 Å². The molecular weight excluding hydrogens is 428 g/mol. The monoisotopic (exact) mass is 454 g/mol. The van der Waals surface area contributed by atoms with E-state index in [1.54, 1.807) is 12.3 Å². The van der Waals surface area contributed by atoms with Crippen LogP contribution in [0.1, 0.15) is 36.7 Å². The van der Waals surface area contributed by atoms with E-state index < -0.39 is 0 Å². The molecule has 152 valence electrons. The van der Waals surface area contributed by atoms with E-state index in [1.165, 1.54) is 0 Å². The van der Waals surface area contributed by atoms with Gasteiger partial charge >= 0.3 is 0 Å². The van der Waals surface area contributed by atoms with Crippen molar-refractivity contribution in [2.75, 3.05) is 30.8 Å². The number of halogens is 1. The molecule has 6 nitrogen and oxygen atoms in total. The van der Waals surface area contributed by atoms with Gasteiger partial charge in [-0.15, -0.1) is 0 Å². The molecule has 0 unspecified atom stereocenters. The van der Waals surface area contributed by atoms with Gasteiger partial charge in [-0.2, -0.15) is 0 Å². The third-order valence-electron chi connectivity index (χ3n) is 5.19. The smallest absolute Gasteiger partial charge is 0.143 e. The van der Waals surface area contributed by atoms with E-state index in [4.69, 9.17) is 16.1 Å². The van der Waals surface area contributed by atoms with Crippen molar-refractivity contribution in [2.45, 2.75) is 19.8 Å². The molecule has 0 amide bonds. The molecule has 2 aromatic heterocycles. The van der Waals surface area contributed by atoms with E-state index in [0.717, 1.165) is 47.7 Å². The van der Waals surface area contributed by atoms with Gasteiger partial charge < -0.3 is 16.0 Å². The minimum atomic E-state index is 0.276. The fourth-order valence-electron chi connectivity index (χ4n) is 3.38. The molecule has 4 N–H and O–H groups in total. The molecule has 1 fully saturated rings. The highest BCUT2D eigenvalue weighted by atomic mass is 79.9. The number of nitrogens with two attached hydrogens (primary N) is 1. The van der Waals surface area contributed by atoms with E-state index in [9.17, 15) is 0 Å². The zero-order valence-electron chi connectivity index (χ0n) is 16.9. The van der Waals surface area contributed by atoms with Crippen LogP contribution in [0.4, 0.5) is 11.5 Å². The first-order chi connectivity index (χ1) is 13.9. The van der Waals surface area contributed by atoms with Crippen molar-refractivity contribution in [3.63, 3.8) is 0 Å². The lowest BCUT2D eigenvalue weighted by atomic mass is 9.99. The van der Waals surface area contributed by atoms with E-state index in [-0.39, 0.29) is 5.71 Å². The Bertz CT molecular complexity index is 944. The standard InChI is InChI=1S/C22H27BrN6/c1-4-15(12-26-3)20-11-16(18(24)13-27-20)21(25)19-6-5-17(23)22(28-19)29-9-7-14(2)8-10-29/h4-6,11-14,25-26H,1,7-10,24H2,2-3H3/b15-12+,25-21?. The van der Waals surface area contributed by atoms with Crippen LogP contribution >= 0.6 is 15.9 Å². The molecule has 0 radical (unpaired) electrons. The Morgan fingerprint density at radius 1 is 1.34 bits per heavy atom. The highest BCUT2D eigenvalue weighted by Gasteiger charge is 2.21. The summed E-state index contributed by atoms with van der Waals surface area (Å²) in [5, 5.41) is 11.7. The van der Waals surface area contributed by atoms with E-state index in [0.29, 0.717) is 22.6 Å². The predicted molar refractivity (Wildman–Crippen MR) is 124 cm³/mol. The number of allylic oxidation sites excluding steroid dienone is 2. The lowest BCUT2D eigenvalue weighted by molar-refractivity contribution is 0.436. The maximum absolute atomic E-state index is 8.76. The molecule has 3 rings (SSSR count). The molecule has 0 aliphatic carbocycles. The Morgan fingerprint density at radius 3 is 2.72 bits per heavy atom. The van der Waals surface area contributed by atoms with Crippen molar-refractivity contribution in [1.82, 2.24) is 15.3 Å². The number of hydrogen-bond acceptors (Lipinski definition) is 6. The minimum absolute atomic E-state index is 0.276. The summed E-state index contributed by atoms with van der Waals surface area (Å²) in [6.45, 7) is 8.07. The number of rotatable bonds is 6. The van der Waals surface area contributed by atoms with Gasteiger partial charge in [0.15, 0.2) is 0 Å². The summed E-state index contributed by atoms with van der Waals surface area (Å²) < 4.78 is 0.942. The first-order valence-electron chi connectivity index (χ1n) is 9.71. The third kappa shape index (κ3) is 4.67. The average molecular weight is 455 g/mol. The lowest BCUT2D eigenvalue weighted by Gasteiger charge is -2.32. The molecule has 3 heterocycles. The number of hydrogen-bond donors (Lipinski definition) is 3. The van der Waals surface area contributed by atoms with Crippen molar-refractivity contribution < 1.29 is 0 Å². The summed E-state index contributed by atoms with van der Waals surface area (Å²) in [6, 6.07) is 5.62. The number of nitrogen functional groups attached to an aromatic ring is 1. The molecule has 7 heteroatoms. The number of anilines is 2. The number of aromatic nitrogens is 2. The van der Waals surface area contributed by atoms with Crippen LogP contribution in [0.15, 0.2) is 47.7 Å². The van der Waals surface area contributed by atoms with E-state index in [2.05, 4.69) is 44.6 Å². The summed E-state index contributed by atoms with van der Waals surface area (Å²) in [5.74, 6) is 1.63. The van der Waals surface area contributed by atoms with Gasteiger partial charge in [-0.1, -0.05) is 19.6 Å². The molecule has 1 aliphatic heterocycles. The topological polar surface area (TPSA) is 90.9 Å². The van der Waals surface area contributed by atoms with Crippen LogP contribution < -0.4 is 16.0 Å². The van der Waals surface area contributed by atoms with Crippen LogP contribution in [0.25, 0.3) is 5.57 Å². The van der Waals surface area contributed by atoms with Gasteiger partial charge in [0.2, 0.25) is 0 Å². The van der Waals surface area contributed by atoms with Gasteiger partial charge in [0.05, 0.1) is 33.5 Å². The summed E-state index contributed by atoms with van der Waals surface area (Å²) in [5.41, 5.74) is 9.60. The van der Waals surface area contributed by atoms with Crippen LogP contribution in [-0.2, 0) is 0 Å². The molecule has 1 saturated heterocycles. The molecule has 2 aromatic rings. The van der Waals surface area contributed by atoms with E-state index >= 15 is 0 Å². The molecule has 1 aliphatic rings. The normalized spacial score (nSPS) is 15.3. The number of nitrogens with one attached hydrogen (secondary N) is 2. The van der Waals surface area contributed by atoms with Crippen molar-refractivity contribution in [3.05, 3.63) is 64.7 Å². The number of pyridine rings is 2. The summed E-state index contributed by atoms with van der Waals surface area (Å²) in [4.78, 5) is 11.5. The van der Waals surface area contributed by atoms with Crippen molar-refractivity contribution in [2.24, 2.45) is 5.92 Å². The Morgan fingerprint density at radius 2 is 2.07 bits per heavy atom. The zero-order chi connectivity index (χ0) is 21.0. The first-order valence-corrected chi connectivity index (χ1v) is 10.5. The quantitative estimate of drug-likeness (QED) is 0.448. The van der Waals surface area contributed by atoms with Gasteiger partial charge in [0.1, 0.15) is 5.82 Å². The summed E-state index contributed by atoms with van der Waals surface area (Å²) in [6.07, 6.45) is 7.41. The second-order valence-electron chi connectivity index (χ2n) is 7.30. The second-order valence-corrected chi connectivity index (χ2v) is 8.15. The van der Waals surface area contributed by atoms with Gasteiger partial charge in [-0.25, -0.2) is 4.98 Å². The van der Waals surface area contributed by atoms with Gasteiger partial charge in [-0.3, -0.25) is 10.4 Å². The number of piperidine rings is 1. The molecule has 0 atom stereocenters. The summed E-state index contributed by atoms with van der Waals surface area (Å²) in [7, 11) is 1.82. The predicted octanol–water partition coefficient (Wildman–Crippen LogP) is 4.22. The van der Waals surface area contributed by atoms with E-state index in [1.807, 2.05) is 31.4 Å². The molecule has 0 spiro atoms. The maximum Gasteiger partial charge on any atom is 0.143 e. The molecule has 0 saturated carbocycles. The molecule has 29 heavy (non-hydrogen) atoms. The zero-order valence-corrected chi connectivity index (χ0v) is 18.5. The van der Waals surface area contributed by atoms with Crippen molar-refractivity contribution >= 4 is 38.7 Å². The van der Waals surface area contributed by atoms with Gasteiger partial charge in [0, 0.05) is 37.5 Å². The first kappa shape index (κ1) is 21.0. The Kier molecular flexibility index (Phi) is 6.69. The maximum atomic E-state index is 8.76. The van der Waals surface area contributed by atoms with Crippen LogP contribution in [0, 0.1) is 11.3 Å². The second kappa shape index (κ2) is 9.22. The van der Waals surface area contributed by atoms with Crippen molar-refractivity contribution in [1.29, 1.82) is 5.41 Å². The molecule has 0 bridgehead atoms. The SMILES string of the molecule is C=C/C(=C\NC)c1cc(C(=N)c2ccc(Br)c(N3CCC(C)CC3)n2)c(N)cn1. The Balaban J connectivity index is 1.95. The highest BCUT2D eigenvalue weighted by Crippen LogP contribution is 2.29. The van der Waals surface area contributed by atoms with Crippen LogP contribution in [0.5, 0.6) is 0 Å². The third-order valence-corrected chi connectivity index (χ3v) is 5.81. The molecule has 0 aromatic carbocycles. The van der Waals surface area contributed by atoms with Crippen LogP contribution in [-0.4, -0.2) is 35.8 Å².